The van der Waals surface area contributed by atoms with E-state index in [1.165, 1.54) is 0 Å². The first-order valence-electron chi connectivity index (χ1n) is 6.35. The van der Waals surface area contributed by atoms with Gasteiger partial charge in [-0.25, -0.2) is 0 Å². The van der Waals surface area contributed by atoms with Crippen LogP contribution in [-0.2, 0) is 6.61 Å². The second kappa shape index (κ2) is 6.60. The van der Waals surface area contributed by atoms with Gasteiger partial charge in [0.1, 0.15) is 12.4 Å². The molecule has 1 unspecified atom stereocenters. The van der Waals surface area contributed by atoms with Gasteiger partial charge in [0, 0.05) is 10.6 Å². The fraction of sp³-hybridized carbons (Fsp3) is 0.250. The van der Waals surface area contributed by atoms with Gasteiger partial charge in [-0.2, -0.15) is 0 Å². The molecule has 2 rings (SSSR count). The Bertz CT molecular complexity index is 540. The van der Waals surface area contributed by atoms with E-state index in [0.29, 0.717) is 18.1 Å². The van der Waals surface area contributed by atoms with Crippen molar-refractivity contribution in [2.45, 2.75) is 26.1 Å². The monoisotopic (exact) mass is 276 g/mol. The lowest BCUT2D eigenvalue weighted by Gasteiger charge is -2.11. The zero-order valence-corrected chi connectivity index (χ0v) is 11.6. The number of hydrogen-bond donors (Lipinski definition) is 1. The largest absolute Gasteiger partial charge is 0.489 e. The first kappa shape index (κ1) is 13.9. The summed E-state index contributed by atoms with van der Waals surface area (Å²) in [5.41, 5.74) is 1.82. The van der Waals surface area contributed by atoms with Gasteiger partial charge < -0.3 is 9.84 Å². The summed E-state index contributed by atoms with van der Waals surface area (Å²) in [7, 11) is 0. The molecule has 0 aliphatic carbocycles. The summed E-state index contributed by atoms with van der Waals surface area (Å²) in [5.74, 6) is 0.741. The average Bonchev–Trinajstić information content (AvgIpc) is 2.46. The molecule has 100 valence electrons. The summed E-state index contributed by atoms with van der Waals surface area (Å²) in [4.78, 5) is 0. The summed E-state index contributed by atoms with van der Waals surface area (Å²) in [6, 6.07) is 15.1. The van der Waals surface area contributed by atoms with E-state index in [1.54, 1.807) is 0 Å². The molecule has 3 heteroatoms. The molecule has 2 nitrogen and oxygen atoms in total. The lowest BCUT2D eigenvalue weighted by atomic mass is 10.1. The zero-order chi connectivity index (χ0) is 13.7. The number of hydrogen-bond acceptors (Lipinski definition) is 2. The average molecular weight is 277 g/mol. The maximum Gasteiger partial charge on any atom is 0.120 e. The molecule has 0 aliphatic rings. The number of benzene rings is 2. The quantitative estimate of drug-likeness (QED) is 0.879. The fourth-order valence-electron chi connectivity index (χ4n) is 1.82. The Balaban J connectivity index is 2.06. The van der Waals surface area contributed by atoms with Crippen molar-refractivity contribution in [1.29, 1.82) is 0 Å². The molecule has 0 fully saturated rings. The third kappa shape index (κ3) is 3.72. The van der Waals surface area contributed by atoms with Crippen molar-refractivity contribution in [3.05, 3.63) is 64.7 Å². The lowest BCUT2D eigenvalue weighted by Crippen LogP contribution is -1.99. The molecule has 0 saturated carbocycles. The Kier molecular flexibility index (Phi) is 4.83. The van der Waals surface area contributed by atoms with Crippen LogP contribution in [-0.4, -0.2) is 5.11 Å². The van der Waals surface area contributed by atoms with Gasteiger partial charge in [0.2, 0.25) is 0 Å². The van der Waals surface area contributed by atoms with Crippen molar-refractivity contribution < 1.29 is 9.84 Å². The zero-order valence-electron chi connectivity index (χ0n) is 10.8. The highest BCUT2D eigenvalue weighted by Gasteiger charge is 2.06. The SMILES string of the molecule is CCC(O)c1cccc(OCc2ccccc2Cl)c1. The van der Waals surface area contributed by atoms with Crippen LogP contribution in [0.4, 0.5) is 0 Å². The Morgan fingerprint density at radius 2 is 1.95 bits per heavy atom. The van der Waals surface area contributed by atoms with E-state index in [0.717, 1.165) is 16.9 Å². The highest BCUT2D eigenvalue weighted by atomic mass is 35.5. The molecule has 2 aromatic rings. The van der Waals surface area contributed by atoms with Crippen molar-refractivity contribution >= 4 is 11.6 Å². The molecule has 0 saturated heterocycles. The van der Waals surface area contributed by atoms with Crippen LogP contribution in [0.5, 0.6) is 5.75 Å². The molecular weight excluding hydrogens is 260 g/mol. The van der Waals surface area contributed by atoms with Crippen molar-refractivity contribution in [2.75, 3.05) is 0 Å². The Labute approximate surface area is 118 Å². The molecule has 0 aromatic heterocycles. The van der Waals surface area contributed by atoms with Gasteiger partial charge in [0.25, 0.3) is 0 Å². The molecule has 1 N–H and O–H groups in total. The summed E-state index contributed by atoms with van der Waals surface area (Å²) in [6.45, 7) is 2.37. The molecule has 1 atom stereocenters. The van der Waals surface area contributed by atoms with E-state index in [9.17, 15) is 5.11 Å². The Morgan fingerprint density at radius 1 is 1.16 bits per heavy atom. The number of rotatable bonds is 5. The van der Waals surface area contributed by atoms with E-state index in [-0.39, 0.29) is 0 Å². The van der Waals surface area contributed by atoms with Gasteiger partial charge in [-0.1, -0.05) is 48.9 Å². The van der Waals surface area contributed by atoms with Crippen LogP contribution in [0.2, 0.25) is 5.02 Å². The van der Waals surface area contributed by atoms with Gasteiger partial charge in [-0.05, 0) is 30.2 Å². The van der Waals surface area contributed by atoms with Crippen molar-refractivity contribution in [3.8, 4) is 5.75 Å². The standard InChI is InChI=1S/C16H17ClO2/c1-2-16(18)12-7-5-8-14(10-12)19-11-13-6-3-4-9-15(13)17/h3-10,16,18H,2,11H2,1H3. The van der Waals surface area contributed by atoms with Crippen LogP contribution in [0, 0.1) is 0 Å². The van der Waals surface area contributed by atoms with Crippen LogP contribution in [0.15, 0.2) is 48.5 Å². The predicted octanol–water partition coefficient (Wildman–Crippen LogP) is 4.36. The normalized spacial score (nSPS) is 12.2. The van der Waals surface area contributed by atoms with Crippen molar-refractivity contribution in [2.24, 2.45) is 0 Å². The minimum absolute atomic E-state index is 0.422. The first-order chi connectivity index (χ1) is 9.20. The van der Waals surface area contributed by atoms with Gasteiger partial charge in [0.05, 0.1) is 6.10 Å². The Morgan fingerprint density at radius 3 is 2.68 bits per heavy atom. The highest BCUT2D eigenvalue weighted by molar-refractivity contribution is 6.31. The van der Waals surface area contributed by atoms with E-state index in [1.807, 2.05) is 55.5 Å². The third-order valence-corrected chi connectivity index (χ3v) is 3.35. The highest BCUT2D eigenvalue weighted by Crippen LogP contribution is 2.23. The summed E-state index contributed by atoms with van der Waals surface area (Å²) < 4.78 is 5.71. The number of aliphatic hydroxyl groups excluding tert-OH is 1. The predicted molar refractivity (Wildman–Crippen MR) is 77.5 cm³/mol. The molecular formula is C16H17ClO2. The molecule has 0 amide bonds. The summed E-state index contributed by atoms with van der Waals surface area (Å²) in [6.07, 6.45) is 0.248. The number of ether oxygens (including phenoxy) is 1. The van der Waals surface area contributed by atoms with Gasteiger partial charge in [-0.15, -0.1) is 0 Å². The molecule has 0 radical (unpaired) electrons. The molecule has 0 spiro atoms. The van der Waals surface area contributed by atoms with Crippen LogP contribution < -0.4 is 4.74 Å². The minimum Gasteiger partial charge on any atom is -0.489 e. The fourth-order valence-corrected chi connectivity index (χ4v) is 2.01. The number of halogens is 1. The maximum absolute atomic E-state index is 9.81. The number of aliphatic hydroxyl groups is 1. The van der Waals surface area contributed by atoms with Crippen LogP contribution >= 0.6 is 11.6 Å². The molecule has 0 bridgehead atoms. The van der Waals surface area contributed by atoms with Crippen molar-refractivity contribution in [1.82, 2.24) is 0 Å². The maximum atomic E-state index is 9.81. The first-order valence-corrected chi connectivity index (χ1v) is 6.72. The van der Waals surface area contributed by atoms with Crippen LogP contribution in [0.25, 0.3) is 0 Å². The third-order valence-electron chi connectivity index (χ3n) is 2.98. The van der Waals surface area contributed by atoms with Gasteiger partial charge in [0.15, 0.2) is 0 Å². The lowest BCUT2D eigenvalue weighted by molar-refractivity contribution is 0.173. The van der Waals surface area contributed by atoms with E-state index in [2.05, 4.69) is 0 Å². The second-order valence-corrected chi connectivity index (χ2v) is 4.78. The van der Waals surface area contributed by atoms with Gasteiger partial charge in [-0.3, -0.25) is 0 Å². The van der Waals surface area contributed by atoms with E-state index in [4.69, 9.17) is 16.3 Å². The van der Waals surface area contributed by atoms with Crippen LogP contribution in [0.3, 0.4) is 0 Å². The van der Waals surface area contributed by atoms with E-state index < -0.39 is 6.10 Å². The van der Waals surface area contributed by atoms with Gasteiger partial charge >= 0.3 is 0 Å². The topological polar surface area (TPSA) is 29.5 Å². The summed E-state index contributed by atoms with van der Waals surface area (Å²) >= 11 is 6.07. The van der Waals surface area contributed by atoms with Crippen molar-refractivity contribution in [3.63, 3.8) is 0 Å². The summed E-state index contributed by atoms with van der Waals surface area (Å²) in [5, 5.41) is 10.5. The molecule has 19 heavy (non-hydrogen) atoms. The van der Waals surface area contributed by atoms with Crippen LogP contribution in [0.1, 0.15) is 30.6 Å². The minimum atomic E-state index is -0.441. The molecule has 2 aromatic carbocycles. The smallest absolute Gasteiger partial charge is 0.120 e. The molecule has 0 aliphatic heterocycles. The second-order valence-electron chi connectivity index (χ2n) is 4.38. The Hall–Kier alpha value is -1.51. The van der Waals surface area contributed by atoms with E-state index >= 15 is 0 Å². The molecule has 0 heterocycles.